The Morgan fingerprint density at radius 1 is 1.40 bits per heavy atom. The van der Waals surface area contributed by atoms with Gasteiger partial charge in [0.2, 0.25) is 0 Å². The molecule has 0 aliphatic carbocycles. The highest BCUT2D eigenvalue weighted by atomic mass is 16.5. The largest absolute Gasteiger partial charge is 0.493 e. The maximum atomic E-state index is 11.1. The average molecular weight is 277 g/mol. The lowest BCUT2D eigenvalue weighted by Gasteiger charge is -2.10. The molecule has 1 aromatic heterocycles. The molecule has 0 radical (unpaired) electrons. The summed E-state index contributed by atoms with van der Waals surface area (Å²) in [6.45, 7) is 2.53. The van der Waals surface area contributed by atoms with Gasteiger partial charge < -0.3 is 19.2 Å². The van der Waals surface area contributed by atoms with Crippen LogP contribution in [0.1, 0.15) is 25.1 Å². The summed E-state index contributed by atoms with van der Waals surface area (Å²) in [5, 5.41) is 4.23. The molecule has 0 saturated carbocycles. The van der Waals surface area contributed by atoms with Gasteiger partial charge in [0.05, 0.1) is 26.7 Å². The van der Waals surface area contributed by atoms with Gasteiger partial charge in [-0.2, -0.15) is 0 Å². The summed E-state index contributed by atoms with van der Waals surface area (Å²) in [6, 6.07) is 7.76. The number of benzene rings is 1. The molecule has 0 spiro atoms. The molecule has 0 amide bonds. The van der Waals surface area contributed by atoms with E-state index in [9.17, 15) is 4.79 Å². The highest BCUT2D eigenvalue weighted by molar-refractivity contribution is 5.83. The normalized spacial score (nSPS) is 12.3. The Hall–Kier alpha value is -2.01. The minimum absolute atomic E-state index is 0.0109. The first-order valence-corrected chi connectivity index (χ1v) is 6.52. The van der Waals surface area contributed by atoms with E-state index in [0.29, 0.717) is 13.0 Å². The maximum absolute atomic E-state index is 11.1. The van der Waals surface area contributed by atoms with Gasteiger partial charge in [-0.15, -0.1) is 0 Å². The van der Waals surface area contributed by atoms with Gasteiger partial charge in [-0.05, 0) is 19.1 Å². The number of hydrogen-bond acceptors (Lipinski definition) is 5. The third kappa shape index (κ3) is 3.11. The summed E-state index contributed by atoms with van der Waals surface area (Å²) in [5.41, 5.74) is 0.742. The van der Waals surface area contributed by atoms with Crippen LogP contribution in [0.5, 0.6) is 5.75 Å². The molecule has 1 heterocycles. The molecule has 1 N–H and O–H groups in total. The Morgan fingerprint density at radius 2 is 2.20 bits per heavy atom. The second-order valence-electron chi connectivity index (χ2n) is 4.53. The summed E-state index contributed by atoms with van der Waals surface area (Å²) in [4.78, 5) is 11.1. The number of furan rings is 1. The molecule has 1 unspecified atom stereocenters. The molecule has 1 aromatic carbocycles. The van der Waals surface area contributed by atoms with E-state index in [1.807, 2.05) is 31.2 Å². The highest BCUT2D eigenvalue weighted by Gasteiger charge is 2.14. The van der Waals surface area contributed by atoms with E-state index < -0.39 is 0 Å². The third-order valence-electron chi connectivity index (χ3n) is 3.18. The molecule has 5 nitrogen and oxygen atoms in total. The quantitative estimate of drug-likeness (QED) is 0.822. The lowest BCUT2D eigenvalue weighted by atomic mass is 10.2. The average Bonchev–Trinajstić information content (AvgIpc) is 2.90. The topological polar surface area (TPSA) is 60.7 Å². The maximum Gasteiger partial charge on any atom is 0.306 e. The summed E-state index contributed by atoms with van der Waals surface area (Å²) in [5.74, 6) is 1.31. The first kappa shape index (κ1) is 14.4. The van der Waals surface area contributed by atoms with Crippen molar-refractivity contribution in [3.05, 3.63) is 30.0 Å². The van der Waals surface area contributed by atoms with E-state index in [-0.39, 0.29) is 12.0 Å². The van der Waals surface area contributed by atoms with Crippen molar-refractivity contribution in [3.8, 4) is 5.75 Å². The van der Waals surface area contributed by atoms with E-state index in [0.717, 1.165) is 22.5 Å². The van der Waals surface area contributed by atoms with Crippen molar-refractivity contribution < 1.29 is 18.7 Å². The van der Waals surface area contributed by atoms with Crippen molar-refractivity contribution in [2.45, 2.75) is 19.4 Å². The van der Waals surface area contributed by atoms with Gasteiger partial charge >= 0.3 is 5.97 Å². The van der Waals surface area contributed by atoms with E-state index in [1.54, 1.807) is 7.11 Å². The Morgan fingerprint density at radius 3 is 2.90 bits per heavy atom. The Balaban J connectivity index is 2.07. The van der Waals surface area contributed by atoms with E-state index >= 15 is 0 Å². The van der Waals surface area contributed by atoms with E-state index in [1.165, 1.54) is 7.11 Å². The summed E-state index contributed by atoms with van der Waals surface area (Å²) in [7, 11) is 3.01. The van der Waals surface area contributed by atoms with Gasteiger partial charge in [-0.25, -0.2) is 0 Å². The zero-order chi connectivity index (χ0) is 14.5. The number of carbonyl (C=O) groups excluding carboxylic acids is 1. The molecule has 108 valence electrons. The van der Waals surface area contributed by atoms with Crippen LogP contribution < -0.4 is 10.1 Å². The molecule has 0 saturated heterocycles. The molecule has 0 fully saturated rings. The summed E-state index contributed by atoms with van der Waals surface area (Å²) in [6.07, 6.45) is 0.338. The number of esters is 1. The van der Waals surface area contributed by atoms with Crippen molar-refractivity contribution in [3.63, 3.8) is 0 Å². The van der Waals surface area contributed by atoms with Crippen LogP contribution in [0, 0.1) is 0 Å². The number of fused-ring (bicyclic) bond motifs is 1. The van der Waals surface area contributed by atoms with Gasteiger partial charge in [0.15, 0.2) is 11.3 Å². The summed E-state index contributed by atoms with van der Waals surface area (Å²) < 4.78 is 15.7. The van der Waals surface area contributed by atoms with Crippen LogP contribution in [0.3, 0.4) is 0 Å². The van der Waals surface area contributed by atoms with Crippen LogP contribution in [0.2, 0.25) is 0 Å². The number of hydrogen-bond donors (Lipinski definition) is 1. The lowest BCUT2D eigenvalue weighted by molar-refractivity contribution is -0.140. The predicted octanol–water partition coefficient (Wildman–Crippen LogP) is 2.66. The van der Waals surface area contributed by atoms with Crippen LogP contribution in [0.15, 0.2) is 28.7 Å². The second kappa shape index (κ2) is 6.43. The number of para-hydroxylation sites is 1. The molecule has 1 atom stereocenters. The lowest BCUT2D eigenvalue weighted by Crippen LogP contribution is -2.22. The fourth-order valence-electron chi connectivity index (χ4n) is 2.02. The standard InChI is InChI=1S/C15H19NO4/c1-10(16-8-7-14(17)19-3)13-9-11-5-4-6-12(18-2)15(11)20-13/h4-6,9-10,16H,7-8H2,1-3H3. The molecule has 0 aliphatic rings. The van der Waals surface area contributed by atoms with Crippen molar-refractivity contribution in [1.29, 1.82) is 0 Å². The smallest absolute Gasteiger partial charge is 0.306 e. The van der Waals surface area contributed by atoms with Gasteiger partial charge in [0.25, 0.3) is 0 Å². The molecule has 0 aliphatic heterocycles. The third-order valence-corrected chi connectivity index (χ3v) is 3.18. The highest BCUT2D eigenvalue weighted by Crippen LogP contribution is 2.30. The van der Waals surface area contributed by atoms with Gasteiger partial charge in [-0.3, -0.25) is 4.79 Å². The van der Waals surface area contributed by atoms with E-state index in [2.05, 4.69) is 10.1 Å². The zero-order valence-corrected chi connectivity index (χ0v) is 11.9. The molecule has 5 heteroatoms. The van der Waals surface area contributed by atoms with Gasteiger partial charge in [0.1, 0.15) is 5.76 Å². The Kier molecular flexibility index (Phi) is 4.63. The molecular formula is C15H19NO4. The summed E-state index contributed by atoms with van der Waals surface area (Å²) >= 11 is 0. The molecular weight excluding hydrogens is 258 g/mol. The van der Waals surface area contributed by atoms with Crippen LogP contribution in [-0.4, -0.2) is 26.7 Å². The fourth-order valence-corrected chi connectivity index (χ4v) is 2.02. The molecule has 2 aromatic rings. The molecule has 0 bridgehead atoms. The minimum Gasteiger partial charge on any atom is -0.493 e. The number of nitrogens with one attached hydrogen (secondary N) is 1. The van der Waals surface area contributed by atoms with Crippen LogP contribution in [-0.2, 0) is 9.53 Å². The van der Waals surface area contributed by atoms with Crippen molar-refractivity contribution in [2.24, 2.45) is 0 Å². The molecule has 20 heavy (non-hydrogen) atoms. The van der Waals surface area contributed by atoms with Gasteiger partial charge in [-0.1, -0.05) is 12.1 Å². The van der Waals surface area contributed by atoms with Crippen molar-refractivity contribution in [1.82, 2.24) is 5.32 Å². The second-order valence-corrected chi connectivity index (χ2v) is 4.53. The predicted molar refractivity (Wildman–Crippen MR) is 75.8 cm³/mol. The van der Waals surface area contributed by atoms with Crippen molar-refractivity contribution in [2.75, 3.05) is 20.8 Å². The molecule has 2 rings (SSSR count). The number of ether oxygens (including phenoxy) is 2. The van der Waals surface area contributed by atoms with Crippen LogP contribution >= 0.6 is 0 Å². The number of rotatable bonds is 6. The SMILES string of the molecule is COC(=O)CCNC(C)c1cc2cccc(OC)c2o1. The monoisotopic (exact) mass is 277 g/mol. The number of methoxy groups -OCH3 is 2. The Bertz CT molecular complexity index is 591. The Labute approximate surface area is 117 Å². The van der Waals surface area contributed by atoms with Crippen LogP contribution in [0.4, 0.5) is 0 Å². The van der Waals surface area contributed by atoms with Crippen molar-refractivity contribution >= 4 is 16.9 Å². The van der Waals surface area contributed by atoms with E-state index in [4.69, 9.17) is 9.15 Å². The first-order valence-electron chi connectivity index (χ1n) is 6.52. The van der Waals surface area contributed by atoms with Crippen LogP contribution in [0.25, 0.3) is 11.0 Å². The zero-order valence-electron chi connectivity index (χ0n) is 11.9. The first-order chi connectivity index (χ1) is 9.65. The van der Waals surface area contributed by atoms with Gasteiger partial charge in [0, 0.05) is 11.9 Å². The fraction of sp³-hybridized carbons (Fsp3) is 0.400. The minimum atomic E-state index is -0.226. The number of carbonyl (C=O) groups is 1.